The van der Waals surface area contributed by atoms with Gasteiger partial charge >= 0.3 is 5.97 Å². The average Bonchev–Trinajstić information content (AvgIpc) is 2.88. The van der Waals surface area contributed by atoms with Gasteiger partial charge in [-0.05, 0) is 31.1 Å². The predicted octanol–water partition coefficient (Wildman–Crippen LogP) is 1.12. The number of hydrogen-bond acceptors (Lipinski definition) is 4. The first-order valence-corrected chi connectivity index (χ1v) is 7.21. The Morgan fingerprint density at radius 3 is 2.79 bits per heavy atom. The molecule has 3 fully saturated rings. The van der Waals surface area contributed by atoms with Crippen LogP contribution in [0.25, 0.3) is 0 Å². The van der Waals surface area contributed by atoms with Crippen LogP contribution in [0.3, 0.4) is 0 Å². The van der Waals surface area contributed by atoms with Crippen molar-refractivity contribution >= 4 is 5.97 Å². The van der Waals surface area contributed by atoms with Gasteiger partial charge in [0.15, 0.2) is 0 Å². The third-order valence-electron chi connectivity index (χ3n) is 5.49. The first-order valence-electron chi connectivity index (χ1n) is 7.21. The summed E-state index contributed by atoms with van der Waals surface area (Å²) < 4.78 is 5.57. The molecule has 4 heteroatoms. The Kier molecular flexibility index (Phi) is 3.18. The summed E-state index contributed by atoms with van der Waals surface area (Å²) in [5, 5.41) is 19.9. The summed E-state index contributed by atoms with van der Waals surface area (Å²) in [5.41, 5.74) is 1.06. The summed E-state index contributed by atoms with van der Waals surface area (Å²) in [6.07, 6.45) is 1.69. The highest BCUT2D eigenvalue weighted by Gasteiger charge is 2.56. The standard InChI is InChI=1S/C15H22O4/c1-7-5-11(17)12-8(2)15(18)19-14(12)13-9(6-16)3-4-10(7)13/h8-14,16-17H,1,3-6H2,2H3/t8-,9+,10-,11-,12+,13-,14-/m0/s1. The van der Waals surface area contributed by atoms with Gasteiger partial charge in [-0.2, -0.15) is 0 Å². The first-order chi connectivity index (χ1) is 9.04. The number of carbonyl (C=O) groups excluding carboxylic acids is 1. The summed E-state index contributed by atoms with van der Waals surface area (Å²) in [4.78, 5) is 11.8. The van der Waals surface area contributed by atoms with Gasteiger partial charge in [0.1, 0.15) is 6.10 Å². The first kappa shape index (κ1) is 13.1. The smallest absolute Gasteiger partial charge is 0.309 e. The molecular formula is C15H22O4. The normalized spacial score (nSPS) is 49.5. The lowest BCUT2D eigenvalue weighted by molar-refractivity contribution is -0.146. The van der Waals surface area contributed by atoms with Crippen LogP contribution in [0.1, 0.15) is 26.2 Å². The maximum absolute atomic E-state index is 11.8. The van der Waals surface area contributed by atoms with E-state index in [4.69, 9.17) is 4.74 Å². The number of ether oxygens (including phenoxy) is 1. The van der Waals surface area contributed by atoms with E-state index in [1.807, 2.05) is 6.92 Å². The van der Waals surface area contributed by atoms with Gasteiger partial charge in [0.25, 0.3) is 0 Å². The molecule has 1 saturated heterocycles. The largest absolute Gasteiger partial charge is 0.461 e. The third kappa shape index (κ3) is 1.84. The number of fused-ring (bicyclic) bond motifs is 3. The molecule has 0 spiro atoms. The second kappa shape index (κ2) is 4.60. The van der Waals surface area contributed by atoms with E-state index in [9.17, 15) is 15.0 Å². The summed E-state index contributed by atoms with van der Waals surface area (Å²) in [6, 6.07) is 0. The van der Waals surface area contributed by atoms with Crippen molar-refractivity contribution in [2.45, 2.75) is 38.4 Å². The summed E-state index contributed by atoms with van der Waals surface area (Å²) in [7, 11) is 0. The van der Waals surface area contributed by atoms with Gasteiger partial charge < -0.3 is 14.9 Å². The lowest BCUT2D eigenvalue weighted by Crippen LogP contribution is -2.37. The SMILES string of the molecule is C=C1C[C@H](O)[C@@H]2[C@H](OC(=O)[C@H]2C)[C@H]2[C@@H](CO)CC[C@@H]12. The number of hydrogen-bond donors (Lipinski definition) is 2. The number of rotatable bonds is 1. The summed E-state index contributed by atoms with van der Waals surface area (Å²) in [5.74, 6) is -0.0344. The topological polar surface area (TPSA) is 66.8 Å². The third-order valence-corrected chi connectivity index (χ3v) is 5.49. The minimum absolute atomic E-state index is 0.125. The van der Waals surface area contributed by atoms with Crippen molar-refractivity contribution in [2.75, 3.05) is 6.61 Å². The van der Waals surface area contributed by atoms with Crippen LogP contribution in [0.5, 0.6) is 0 Å². The Morgan fingerprint density at radius 1 is 1.37 bits per heavy atom. The van der Waals surface area contributed by atoms with Crippen molar-refractivity contribution in [1.29, 1.82) is 0 Å². The van der Waals surface area contributed by atoms with Gasteiger partial charge in [-0.3, -0.25) is 4.79 Å². The molecule has 1 heterocycles. The Morgan fingerprint density at radius 2 is 2.11 bits per heavy atom. The zero-order valence-electron chi connectivity index (χ0n) is 11.3. The zero-order valence-corrected chi connectivity index (χ0v) is 11.3. The maximum atomic E-state index is 11.8. The van der Waals surface area contributed by atoms with E-state index in [-0.39, 0.29) is 48.3 Å². The summed E-state index contributed by atoms with van der Waals surface area (Å²) in [6.45, 7) is 6.09. The van der Waals surface area contributed by atoms with Gasteiger partial charge in [-0.1, -0.05) is 19.1 Å². The molecule has 3 rings (SSSR count). The minimum Gasteiger partial charge on any atom is -0.461 e. The maximum Gasteiger partial charge on any atom is 0.309 e. The molecule has 0 aromatic heterocycles. The van der Waals surface area contributed by atoms with Gasteiger partial charge in [0, 0.05) is 18.4 Å². The predicted molar refractivity (Wildman–Crippen MR) is 69.1 cm³/mol. The van der Waals surface area contributed by atoms with Crippen LogP contribution in [0, 0.1) is 29.6 Å². The fraction of sp³-hybridized carbons (Fsp3) is 0.800. The van der Waals surface area contributed by atoms with Crippen molar-refractivity contribution < 1.29 is 19.7 Å². The highest BCUT2D eigenvalue weighted by Crippen LogP contribution is 2.52. The molecule has 2 N–H and O–H groups in total. The molecule has 7 atom stereocenters. The molecule has 0 radical (unpaired) electrons. The van der Waals surface area contributed by atoms with Crippen LogP contribution in [-0.4, -0.2) is 35.0 Å². The lowest BCUT2D eigenvalue weighted by atomic mass is 9.77. The fourth-order valence-electron chi connectivity index (χ4n) is 4.50. The molecule has 0 unspecified atom stereocenters. The van der Waals surface area contributed by atoms with Gasteiger partial charge in [-0.15, -0.1) is 0 Å². The number of carbonyl (C=O) groups is 1. The number of aliphatic hydroxyl groups is 2. The van der Waals surface area contributed by atoms with Crippen molar-refractivity contribution in [3.05, 3.63) is 12.2 Å². The molecule has 0 aromatic carbocycles. The molecule has 19 heavy (non-hydrogen) atoms. The average molecular weight is 266 g/mol. The Labute approximate surface area is 113 Å². The Hall–Kier alpha value is -0.870. The zero-order chi connectivity index (χ0) is 13.7. The van der Waals surface area contributed by atoms with Crippen LogP contribution in [0.4, 0.5) is 0 Å². The molecule has 1 aliphatic heterocycles. The van der Waals surface area contributed by atoms with Crippen LogP contribution >= 0.6 is 0 Å². The molecule has 0 aromatic rings. The second-order valence-electron chi connectivity index (χ2n) is 6.40. The molecule has 0 bridgehead atoms. The van der Waals surface area contributed by atoms with E-state index in [1.54, 1.807) is 0 Å². The molecule has 0 amide bonds. The fourth-order valence-corrected chi connectivity index (χ4v) is 4.50. The van der Waals surface area contributed by atoms with Crippen molar-refractivity contribution in [3.8, 4) is 0 Å². The van der Waals surface area contributed by atoms with E-state index >= 15 is 0 Å². The van der Waals surface area contributed by atoms with E-state index in [0.29, 0.717) is 6.42 Å². The van der Waals surface area contributed by atoms with Crippen molar-refractivity contribution in [1.82, 2.24) is 0 Å². The van der Waals surface area contributed by atoms with Crippen molar-refractivity contribution in [2.24, 2.45) is 29.6 Å². The van der Waals surface area contributed by atoms with E-state index < -0.39 is 6.10 Å². The van der Waals surface area contributed by atoms with Gasteiger partial charge in [-0.25, -0.2) is 0 Å². The molecular weight excluding hydrogens is 244 g/mol. The molecule has 3 aliphatic rings. The summed E-state index contributed by atoms with van der Waals surface area (Å²) >= 11 is 0. The molecule has 2 saturated carbocycles. The van der Waals surface area contributed by atoms with E-state index in [2.05, 4.69) is 6.58 Å². The van der Waals surface area contributed by atoms with Crippen LogP contribution in [0.15, 0.2) is 12.2 Å². The minimum atomic E-state index is -0.552. The quantitative estimate of drug-likeness (QED) is 0.551. The highest BCUT2D eigenvalue weighted by atomic mass is 16.6. The number of esters is 1. The van der Waals surface area contributed by atoms with E-state index in [0.717, 1.165) is 18.4 Å². The van der Waals surface area contributed by atoms with Gasteiger partial charge in [0.2, 0.25) is 0 Å². The van der Waals surface area contributed by atoms with Crippen LogP contribution in [-0.2, 0) is 9.53 Å². The monoisotopic (exact) mass is 266 g/mol. The molecule has 4 nitrogen and oxygen atoms in total. The number of aliphatic hydroxyl groups excluding tert-OH is 2. The van der Waals surface area contributed by atoms with E-state index in [1.165, 1.54) is 0 Å². The molecule has 2 aliphatic carbocycles. The molecule has 106 valence electrons. The Bertz CT molecular complexity index is 405. The second-order valence-corrected chi connectivity index (χ2v) is 6.40. The van der Waals surface area contributed by atoms with Crippen LogP contribution < -0.4 is 0 Å². The highest BCUT2D eigenvalue weighted by molar-refractivity contribution is 5.75. The van der Waals surface area contributed by atoms with Gasteiger partial charge in [0.05, 0.1) is 12.0 Å². The Balaban J connectivity index is 1.98. The lowest BCUT2D eigenvalue weighted by Gasteiger charge is -2.30. The van der Waals surface area contributed by atoms with Crippen molar-refractivity contribution in [3.63, 3.8) is 0 Å². The van der Waals surface area contributed by atoms with Crippen LogP contribution in [0.2, 0.25) is 0 Å².